The first-order valence-corrected chi connectivity index (χ1v) is 12.2. The van der Waals surface area contributed by atoms with Crippen LogP contribution in [0.15, 0.2) is 78.9 Å². The van der Waals surface area contributed by atoms with E-state index in [1.165, 1.54) is 31.5 Å². The molecular formula is C29H31ClN2O2. The molecule has 1 aliphatic rings. The van der Waals surface area contributed by atoms with Gasteiger partial charge in [-0.2, -0.15) is 0 Å². The number of hydrogen-bond donors (Lipinski definition) is 1. The van der Waals surface area contributed by atoms with E-state index >= 15 is 0 Å². The normalized spacial score (nSPS) is 14.9. The van der Waals surface area contributed by atoms with E-state index < -0.39 is 0 Å². The van der Waals surface area contributed by atoms with E-state index in [1.54, 1.807) is 12.2 Å². The zero-order chi connectivity index (χ0) is 23.8. The van der Waals surface area contributed by atoms with Crippen LogP contribution in [0, 0.1) is 5.92 Å². The van der Waals surface area contributed by atoms with Crippen molar-refractivity contribution in [3.63, 3.8) is 0 Å². The number of hydrogen-bond acceptors (Lipinski definition) is 3. The second-order valence-corrected chi connectivity index (χ2v) is 9.33. The van der Waals surface area contributed by atoms with Crippen molar-refractivity contribution < 1.29 is 9.53 Å². The van der Waals surface area contributed by atoms with Crippen molar-refractivity contribution in [2.45, 2.75) is 32.9 Å². The number of nitrogens with one attached hydrogen (secondary N) is 1. The summed E-state index contributed by atoms with van der Waals surface area (Å²) in [5, 5.41) is 3.62. The van der Waals surface area contributed by atoms with Gasteiger partial charge in [0.15, 0.2) is 0 Å². The van der Waals surface area contributed by atoms with Gasteiger partial charge in [-0.1, -0.05) is 61.0 Å². The molecule has 1 N–H and O–H groups in total. The Balaban J connectivity index is 1.23. The van der Waals surface area contributed by atoms with Crippen molar-refractivity contribution in [3.05, 3.63) is 101 Å². The molecule has 4 nitrogen and oxygen atoms in total. The van der Waals surface area contributed by atoms with Gasteiger partial charge in [-0.3, -0.25) is 9.69 Å². The maximum Gasteiger partial charge on any atom is 0.248 e. The van der Waals surface area contributed by atoms with Gasteiger partial charge in [0.25, 0.3) is 0 Å². The Morgan fingerprint density at radius 3 is 2.44 bits per heavy atom. The predicted octanol–water partition coefficient (Wildman–Crippen LogP) is 6.80. The number of rotatable bonds is 8. The Kier molecular flexibility index (Phi) is 8.40. The predicted molar refractivity (Wildman–Crippen MR) is 140 cm³/mol. The number of benzene rings is 3. The quantitative estimate of drug-likeness (QED) is 0.365. The molecule has 176 valence electrons. The lowest BCUT2D eigenvalue weighted by Crippen LogP contribution is -2.32. The molecule has 0 unspecified atom stereocenters. The fourth-order valence-electron chi connectivity index (χ4n) is 3.98. The van der Waals surface area contributed by atoms with Crippen molar-refractivity contribution in [2.24, 2.45) is 5.92 Å². The highest BCUT2D eigenvalue weighted by atomic mass is 35.5. The first kappa shape index (κ1) is 24.1. The third kappa shape index (κ3) is 7.21. The van der Waals surface area contributed by atoms with Gasteiger partial charge in [-0.15, -0.1) is 0 Å². The largest absolute Gasteiger partial charge is 0.489 e. The Hall–Kier alpha value is -3.08. The number of likely N-dealkylation sites (tertiary alicyclic amines) is 1. The lowest BCUT2D eigenvalue weighted by molar-refractivity contribution is -0.111. The first-order chi connectivity index (χ1) is 16.5. The highest BCUT2D eigenvalue weighted by Gasteiger charge is 2.15. The minimum atomic E-state index is -0.156. The van der Waals surface area contributed by atoms with E-state index in [9.17, 15) is 4.79 Å². The zero-order valence-electron chi connectivity index (χ0n) is 19.5. The number of piperidine rings is 1. The SMILES string of the molecule is CC1CCN(Cc2ccc(NC(=O)/C=C/c3ccc(OCc4ccccc4Cl)cc3)cc2)CC1. The molecule has 1 fully saturated rings. The molecule has 34 heavy (non-hydrogen) atoms. The van der Waals surface area contributed by atoms with E-state index in [1.807, 2.05) is 60.7 Å². The minimum Gasteiger partial charge on any atom is -0.489 e. The second-order valence-electron chi connectivity index (χ2n) is 8.93. The summed E-state index contributed by atoms with van der Waals surface area (Å²) in [4.78, 5) is 14.8. The molecule has 0 bridgehead atoms. The van der Waals surface area contributed by atoms with Gasteiger partial charge in [0.1, 0.15) is 12.4 Å². The van der Waals surface area contributed by atoms with Gasteiger partial charge >= 0.3 is 0 Å². The monoisotopic (exact) mass is 474 g/mol. The van der Waals surface area contributed by atoms with Gasteiger partial charge in [0, 0.05) is 28.9 Å². The molecule has 5 heteroatoms. The van der Waals surface area contributed by atoms with Crippen LogP contribution >= 0.6 is 11.6 Å². The second kappa shape index (κ2) is 11.9. The van der Waals surface area contributed by atoms with Crippen LogP contribution < -0.4 is 10.1 Å². The summed E-state index contributed by atoms with van der Waals surface area (Å²) >= 11 is 6.17. The summed E-state index contributed by atoms with van der Waals surface area (Å²) in [5.41, 5.74) is 3.94. The molecular weight excluding hydrogens is 444 g/mol. The number of carbonyl (C=O) groups excluding carboxylic acids is 1. The summed E-state index contributed by atoms with van der Waals surface area (Å²) < 4.78 is 5.80. The molecule has 0 aliphatic carbocycles. The van der Waals surface area contributed by atoms with Crippen LogP contribution in [0.25, 0.3) is 6.08 Å². The Morgan fingerprint density at radius 1 is 1.03 bits per heavy atom. The van der Waals surface area contributed by atoms with Crippen LogP contribution in [0.3, 0.4) is 0 Å². The smallest absolute Gasteiger partial charge is 0.248 e. The number of amides is 1. The molecule has 3 aromatic rings. The Bertz CT molecular complexity index is 1100. The van der Waals surface area contributed by atoms with Crippen molar-refractivity contribution in [1.29, 1.82) is 0 Å². The number of halogens is 1. The molecule has 4 rings (SSSR count). The average molecular weight is 475 g/mol. The van der Waals surface area contributed by atoms with Crippen LogP contribution in [-0.2, 0) is 17.9 Å². The molecule has 3 aromatic carbocycles. The van der Waals surface area contributed by atoms with Crippen LogP contribution in [0.4, 0.5) is 5.69 Å². The van der Waals surface area contributed by atoms with Gasteiger partial charge in [-0.25, -0.2) is 0 Å². The van der Waals surface area contributed by atoms with Crippen LogP contribution in [0.5, 0.6) is 5.75 Å². The van der Waals surface area contributed by atoms with E-state index in [2.05, 4.69) is 29.3 Å². The first-order valence-electron chi connectivity index (χ1n) is 11.8. The molecule has 1 aliphatic heterocycles. The van der Waals surface area contributed by atoms with Crippen molar-refractivity contribution >= 4 is 29.3 Å². The fraction of sp³-hybridized carbons (Fsp3) is 0.276. The summed E-state index contributed by atoms with van der Waals surface area (Å²) in [6.07, 6.45) is 5.89. The van der Waals surface area contributed by atoms with Crippen molar-refractivity contribution in [3.8, 4) is 5.75 Å². The van der Waals surface area contributed by atoms with E-state index in [-0.39, 0.29) is 5.91 Å². The molecule has 0 saturated carbocycles. The third-order valence-electron chi connectivity index (χ3n) is 6.16. The van der Waals surface area contributed by atoms with E-state index in [4.69, 9.17) is 16.3 Å². The van der Waals surface area contributed by atoms with Gasteiger partial charge < -0.3 is 10.1 Å². The van der Waals surface area contributed by atoms with Gasteiger partial charge in [0.05, 0.1) is 0 Å². The standard InChI is InChI=1S/C29H31ClN2O2/c1-22-16-18-32(19-17-22)20-24-6-11-26(12-7-24)31-29(33)15-10-23-8-13-27(14-9-23)34-21-25-4-2-3-5-28(25)30/h2-15,22H,16-21H2,1H3,(H,31,33)/b15-10+. The van der Waals surface area contributed by atoms with E-state index in [0.29, 0.717) is 11.6 Å². The molecule has 0 spiro atoms. The van der Waals surface area contributed by atoms with E-state index in [0.717, 1.165) is 35.0 Å². The van der Waals surface area contributed by atoms with Crippen molar-refractivity contribution in [2.75, 3.05) is 18.4 Å². The minimum absolute atomic E-state index is 0.156. The maximum atomic E-state index is 12.3. The number of carbonyl (C=O) groups is 1. The molecule has 0 radical (unpaired) electrons. The molecule has 0 atom stereocenters. The Morgan fingerprint density at radius 2 is 1.74 bits per heavy atom. The molecule has 1 saturated heterocycles. The maximum absolute atomic E-state index is 12.3. The molecule has 0 aromatic heterocycles. The van der Waals surface area contributed by atoms with Gasteiger partial charge in [0.2, 0.25) is 5.91 Å². The Labute approximate surface area is 207 Å². The lowest BCUT2D eigenvalue weighted by atomic mass is 9.99. The lowest BCUT2D eigenvalue weighted by Gasteiger charge is -2.30. The summed E-state index contributed by atoms with van der Waals surface area (Å²) in [7, 11) is 0. The van der Waals surface area contributed by atoms with Crippen LogP contribution in [0.1, 0.15) is 36.5 Å². The van der Waals surface area contributed by atoms with Crippen molar-refractivity contribution in [1.82, 2.24) is 4.90 Å². The molecule has 1 heterocycles. The summed E-state index contributed by atoms with van der Waals surface area (Å²) in [6, 6.07) is 23.4. The number of nitrogens with zero attached hydrogens (tertiary/aromatic N) is 1. The third-order valence-corrected chi connectivity index (χ3v) is 6.53. The number of ether oxygens (including phenoxy) is 1. The highest BCUT2D eigenvalue weighted by Crippen LogP contribution is 2.20. The zero-order valence-corrected chi connectivity index (χ0v) is 20.3. The average Bonchev–Trinajstić information content (AvgIpc) is 2.85. The van der Waals surface area contributed by atoms with Gasteiger partial charge in [-0.05, 0) is 79.4 Å². The fourth-order valence-corrected chi connectivity index (χ4v) is 4.17. The topological polar surface area (TPSA) is 41.6 Å². The summed E-state index contributed by atoms with van der Waals surface area (Å²) in [5.74, 6) is 1.44. The van der Waals surface area contributed by atoms with Crippen LogP contribution in [0.2, 0.25) is 5.02 Å². The van der Waals surface area contributed by atoms with Crippen LogP contribution in [-0.4, -0.2) is 23.9 Å². The summed E-state index contributed by atoms with van der Waals surface area (Å²) in [6.45, 7) is 6.04. The molecule has 1 amide bonds. The number of anilines is 1. The highest BCUT2D eigenvalue weighted by molar-refractivity contribution is 6.31.